The van der Waals surface area contributed by atoms with E-state index in [9.17, 15) is 9.59 Å². The highest BCUT2D eigenvalue weighted by atomic mass is 16.5. The van der Waals surface area contributed by atoms with Gasteiger partial charge in [0.15, 0.2) is 6.61 Å². The fraction of sp³-hybridized carbons (Fsp3) is 0.320. The number of rotatable bonds is 6. The molecule has 0 saturated heterocycles. The molecule has 0 atom stereocenters. The summed E-state index contributed by atoms with van der Waals surface area (Å²) in [6.07, 6.45) is 5.59. The van der Waals surface area contributed by atoms with Crippen LogP contribution in [0.4, 0.5) is 0 Å². The van der Waals surface area contributed by atoms with Crippen molar-refractivity contribution in [2.24, 2.45) is 0 Å². The Kier molecular flexibility index (Phi) is 5.53. The van der Waals surface area contributed by atoms with Crippen LogP contribution in [-0.2, 0) is 24.1 Å². The van der Waals surface area contributed by atoms with Crippen LogP contribution in [0.5, 0.6) is 0 Å². The fourth-order valence-corrected chi connectivity index (χ4v) is 4.38. The van der Waals surface area contributed by atoms with E-state index >= 15 is 0 Å². The number of aryl methyl sites for hydroxylation is 2. The van der Waals surface area contributed by atoms with Crippen LogP contribution in [-0.4, -0.2) is 27.9 Å². The van der Waals surface area contributed by atoms with Crippen LogP contribution in [0.15, 0.2) is 43.0 Å². The van der Waals surface area contributed by atoms with Gasteiger partial charge >= 0.3 is 5.97 Å². The lowest BCUT2D eigenvalue weighted by Gasteiger charge is -2.19. The van der Waals surface area contributed by atoms with Crippen LogP contribution >= 0.6 is 0 Å². The number of allylic oxidation sites excluding steroid dienone is 1. The Morgan fingerprint density at radius 2 is 1.97 bits per heavy atom. The number of carbonyl (C=O) groups excluding carboxylic acids is 2. The third-order valence-electron chi connectivity index (χ3n) is 5.89. The number of ether oxygens (including phenoxy) is 1. The Morgan fingerprint density at radius 1 is 1.20 bits per heavy atom. The molecule has 2 aromatic heterocycles. The first-order chi connectivity index (χ1) is 14.5. The molecule has 5 heteroatoms. The van der Waals surface area contributed by atoms with Crippen LogP contribution in [0.3, 0.4) is 0 Å². The van der Waals surface area contributed by atoms with Crippen molar-refractivity contribution < 1.29 is 14.3 Å². The van der Waals surface area contributed by atoms with Crippen molar-refractivity contribution >= 4 is 22.7 Å². The molecule has 0 N–H and O–H groups in total. The largest absolute Gasteiger partial charge is 0.454 e. The number of nitrogens with zero attached hydrogens (tertiary/aromatic N) is 2. The minimum atomic E-state index is -0.444. The third kappa shape index (κ3) is 3.56. The quantitative estimate of drug-likeness (QED) is 0.339. The summed E-state index contributed by atoms with van der Waals surface area (Å²) < 4.78 is 7.56. The van der Waals surface area contributed by atoms with E-state index in [-0.39, 0.29) is 12.4 Å². The summed E-state index contributed by atoms with van der Waals surface area (Å²) in [7, 11) is 0. The molecule has 154 valence electrons. The van der Waals surface area contributed by atoms with Crippen LogP contribution in [0, 0.1) is 13.8 Å². The Morgan fingerprint density at radius 3 is 2.77 bits per heavy atom. The molecule has 2 heterocycles. The zero-order valence-electron chi connectivity index (χ0n) is 17.5. The zero-order valence-corrected chi connectivity index (χ0v) is 17.5. The standard InChI is InChI=1S/C25H26N2O3/c1-4-13-27-16(2)14-20(17(27)3)23(28)15-30-25(29)24-18-9-5-7-11-21(18)26-22-12-8-6-10-19(22)24/h4-5,7,9,11,14H,1,6,8,10,12-13,15H2,2-3H3. The molecule has 0 fully saturated rings. The van der Waals surface area contributed by atoms with Crippen LogP contribution in [0.2, 0.25) is 0 Å². The maximum atomic E-state index is 13.1. The second-order valence-electron chi connectivity index (χ2n) is 7.82. The average molecular weight is 402 g/mol. The van der Waals surface area contributed by atoms with Gasteiger partial charge in [-0.15, -0.1) is 6.58 Å². The zero-order chi connectivity index (χ0) is 21.3. The lowest BCUT2D eigenvalue weighted by Crippen LogP contribution is -2.19. The number of carbonyl (C=O) groups is 2. The summed E-state index contributed by atoms with van der Waals surface area (Å²) >= 11 is 0. The van der Waals surface area contributed by atoms with E-state index in [1.807, 2.05) is 48.7 Å². The van der Waals surface area contributed by atoms with Crippen molar-refractivity contribution in [2.75, 3.05) is 6.61 Å². The predicted molar refractivity (Wildman–Crippen MR) is 117 cm³/mol. The van der Waals surface area contributed by atoms with E-state index in [2.05, 4.69) is 6.58 Å². The number of hydrogen-bond donors (Lipinski definition) is 0. The van der Waals surface area contributed by atoms with E-state index in [1.165, 1.54) is 0 Å². The van der Waals surface area contributed by atoms with Crippen molar-refractivity contribution in [3.8, 4) is 0 Å². The van der Waals surface area contributed by atoms with Gasteiger partial charge in [0.05, 0.1) is 11.1 Å². The van der Waals surface area contributed by atoms with Gasteiger partial charge < -0.3 is 9.30 Å². The lowest BCUT2D eigenvalue weighted by molar-refractivity contribution is 0.0475. The van der Waals surface area contributed by atoms with Gasteiger partial charge in [-0.1, -0.05) is 24.3 Å². The maximum Gasteiger partial charge on any atom is 0.339 e. The highest BCUT2D eigenvalue weighted by molar-refractivity contribution is 6.06. The fourth-order valence-electron chi connectivity index (χ4n) is 4.38. The number of aromatic nitrogens is 2. The van der Waals surface area contributed by atoms with Gasteiger partial charge in [-0.25, -0.2) is 4.79 Å². The van der Waals surface area contributed by atoms with Crippen molar-refractivity contribution in [1.29, 1.82) is 0 Å². The van der Waals surface area contributed by atoms with E-state index in [0.29, 0.717) is 17.7 Å². The molecule has 1 aliphatic carbocycles. The number of para-hydroxylation sites is 1. The number of ketones is 1. The van der Waals surface area contributed by atoms with Crippen molar-refractivity contribution in [3.63, 3.8) is 0 Å². The van der Waals surface area contributed by atoms with Crippen LogP contribution in [0.25, 0.3) is 10.9 Å². The molecular weight excluding hydrogens is 376 g/mol. The molecule has 3 aromatic rings. The van der Waals surface area contributed by atoms with E-state index in [0.717, 1.165) is 59.2 Å². The minimum absolute atomic E-state index is 0.195. The van der Waals surface area contributed by atoms with Crippen LogP contribution < -0.4 is 0 Å². The van der Waals surface area contributed by atoms with Crippen molar-refractivity contribution in [1.82, 2.24) is 9.55 Å². The number of esters is 1. The average Bonchev–Trinajstić information content (AvgIpc) is 3.04. The number of pyridine rings is 1. The Hall–Kier alpha value is -3.21. The van der Waals surface area contributed by atoms with E-state index in [1.54, 1.807) is 6.08 Å². The van der Waals surface area contributed by atoms with Gasteiger partial charge in [0, 0.05) is 34.6 Å². The second-order valence-corrected chi connectivity index (χ2v) is 7.82. The molecular formula is C25H26N2O3. The van der Waals surface area contributed by atoms with Gasteiger partial charge in [-0.3, -0.25) is 9.78 Å². The summed E-state index contributed by atoms with van der Waals surface area (Å²) in [6.45, 7) is 7.98. The number of fused-ring (bicyclic) bond motifs is 2. The maximum absolute atomic E-state index is 13.1. The number of hydrogen-bond acceptors (Lipinski definition) is 4. The van der Waals surface area contributed by atoms with Crippen LogP contribution in [0.1, 0.15) is 56.2 Å². The molecule has 0 unspecified atom stereocenters. The molecule has 0 aliphatic heterocycles. The van der Waals surface area contributed by atoms with Gasteiger partial charge in [0.25, 0.3) is 0 Å². The first-order valence-corrected chi connectivity index (χ1v) is 10.4. The summed E-state index contributed by atoms with van der Waals surface area (Å²) in [5.41, 5.74) is 5.75. The molecule has 0 amide bonds. The lowest BCUT2D eigenvalue weighted by atomic mass is 9.90. The summed E-state index contributed by atoms with van der Waals surface area (Å²) in [5.74, 6) is -0.640. The molecule has 30 heavy (non-hydrogen) atoms. The normalized spacial score (nSPS) is 13.1. The molecule has 1 aromatic carbocycles. The molecule has 0 bridgehead atoms. The van der Waals surface area contributed by atoms with Gasteiger partial charge in [0.1, 0.15) is 0 Å². The Balaban J connectivity index is 1.61. The molecule has 0 saturated carbocycles. The Labute approximate surface area is 176 Å². The molecule has 1 aliphatic rings. The first-order valence-electron chi connectivity index (χ1n) is 10.4. The number of Topliss-reactive ketones (excluding diaryl/α,β-unsaturated/α-hetero) is 1. The third-order valence-corrected chi connectivity index (χ3v) is 5.89. The molecule has 4 rings (SSSR count). The monoisotopic (exact) mass is 402 g/mol. The van der Waals surface area contributed by atoms with Gasteiger partial charge in [0.2, 0.25) is 5.78 Å². The second kappa shape index (κ2) is 8.27. The highest BCUT2D eigenvalue weighted by Gasteiger charge is 2.25. The molecule has 0 radical (unpaired) electrons. The topological polar surface area (TPSA) is 61.2 Å². The Bertz CT molecular complexity index is 1160. The molecule has 5 nitrogen and oxygen atoms in total. The van der Waals surface area contributed by atoms with Crippen molar-refractivity contribution in [2.45, 2.75) is 46.1 Å². The SMILES string of the molecule is C=CCn1c(C)cc(C(=O)COC(=O)c2c3c(nc4ccccc24)CCCC3)c1C. The summed E-state index contributed by atoms with van der Waals surface area (Å²) in [4.78, 5) is 30.7. The smallest absolute Gasteiger partial charge is 0.339 e. The predicted octanol–water partition coefficient (Wildman–Crippen LogP) is 4.76. The molecule has 0 spiro atoms. The van der Waals surface area contributed by atoms with Gasteiger partial charge in [-0.05, 0) is 57.2 Å². The van der Waals surface area contributed by atoms with Gasteiger partial charge in [-0.2, -0.15) is 0 Å². The minimum Gasteiger partial charge on any atom is -0.454 e. The van der Waals surface area contributed by atoms with E-state index < -0.39 is 5.97 Å². The highest BCUT2D eigenvalue weighted by Crippen LogP contribution is 2.30. The number of benzene rings is 1. The summed E-state index contributed by atoms with van der Waals surface area (Å²) in [5, 5.41) is 0.791. The summed E-state index contributed by atoms with van der Waals surface area (Å²) in [6, 6.07) is 9.48. The first kappa shape index (κ1) is 20.1. The van der Waals surface area contributed by atoms with Crippen molar-refractivity contribution in [3.05, 3.63) is 76.8 Å². The van der Waals surface area contributed by atoms with E-state index in [4.69, 9.17) is 9.72 Å².